The van der Waals surface area contributed by atoms with Crippen molar-refractivity contribution in [3.63, 3.8) is 0 Å². The standard InChI is InChI=1S/C16H26N2O/c1-4-16(19)14-6-8-15(9-7-14)18-11-10-17(5-2)13(3)12-18/h6-9,13,16,19H,4-5,10-12H2,1-3H3/t13?,16-/m0/s1. The minimum atomic E-state index is -0.329. The third kappa shape index (κ3) is 3.28. The van der Waals surface area contributed by atoms with Crippen LogP contribution >= 0.6 is 0 Å². The molecular weight excluding hydrogens is 236 g/mol. The fraction of sp³-hybridized carbons (Fsp3) is 0.625. The van der Waals surface area contributed by atoms with E-state index in [0.717, 1.165) is 38.2 Å². The molecule has 106 valence electrons. The van der Waals surface area contributed by atoms with Crippen molar-refractivity contribution in [3.05, 3.63) is 29.8 Å². The molecular formula is C16H26N2O. The van der Waals surface area contributed by atoms with Gasteiger partial charge >= 0.3 is 0 Å². The van der Waals surface area contributed by atoms with Crippen LogP contribution in [0.15, 0.2) is 24.3 Å². The first kappa shape index (κ1) is 14.4. The summed E-state index contributed by atoms with van der Waals surface area (Å²) < 4.78 is 0. The summed E-state index contributed by atoms with van der Waals surface area (Å²) in [6.45, 7) is 11.0. The largest absolute Gasteiger partial charge is 0.388 e. The van der Waals surface area contributed by atoms with E-state index in [-0.39, 0.29) is 6.10 Å². The Kier molecular flexibility index (Phi) is 4.83. The first-order valence-electron chi connectivity index (χ1n) is 7.42. The van der Waals surface area contributed by atoms with Crippen LogP contribution in [0.3, 0.4) is 0 Å². The zero-order valence-electron chi connectivity index (χ0n) is 12.3. The molecule has 19 heavy (non-hydrogen) atoms. The lowest BCUT2D eigenvalue weighted by atomic mass is 10.1. The predicted molar refractivity (Wildman–Crippen MR) is 80.6 cm³/mol. The first-order chi connectivity index (χ1) is 9.15. The summed E-state index contributed by atoms with van der Waals surface area (Å²) in [5.41, 5.74) is 2.29. The number of anilines is 1. The maximum atomic E-state index is 9.82. The topological polar surface area (TPSA) is 26.7 Å². The van der Waals surface area contributed by atoms with Crippen molar-refractivity contribution in [3.8, 4) is 0 Å². The van der Waals surface area contributed by atoms with Crippen LogP contribution in [0.1, 0.15) is 38.9 Å². The fourth-order valence-corrected chi connectivity index (χ4v) is 2.84. The summed E-state index contributed by atoms with van der Waals surface area (Å²) in [7, 11) is 0. The van der Waals surface area contributed by atoms with E-state index in [4.69, 9.17) is 0 Å². The van der Waals surface area contributed by atoms with Crippen LogP contribution in [-0.2, 0) is 0 Å². The summed E-state index contributed by atoms with van der Waals surface area (Å²) >= 11 is 0. The van der Waals surface area contributed by atoms with E-state index in [1.54, 1.807) is 0 Å². The minimum absolute atomic E-state index is 0.329. The van der Waals surface area contributed by atoms with Gasteiger partial charge in [-0.3, -0.25) is 4.90 Å². The van der Waals surface area contributed by atoms with Crippen LogP contribution in [0.25, 0.3) is 0 Å². The van der Waals surface area contributed by atoms with E-state index in [9.17, 15) is 5.11 Å². The molecule has 1 aromatic rings. The summed E-state index contributed by atoms with van der Waals surface area (Å²) in [4.78, 5) is 4.96. The molecule has 0 amide bonds. The Morgan fingerprint density at radius 2 is 1.89 bits per heavy atom. The van der Waals surface area contributed by atoms with Crippen molar-refractivity contribution in [1.82, 2.24) is 4.90 Å². The van der Waals surface area contributed by atoms with Gasteiger partial charge in [0.2, 0.25) is 0 Å². The number of hydrogen-bond acceptors (Lipinski definition) is 3. The summed E-state index contributed by atoms with van der Waals surface area (Å²) in [5.74, 6) is 0. The van der Waals surface area contributed by atoms with Crippen LogP contribution < -0.4 is 4.90 Å². The third-order valence-corrected chi connectivity index (χ3v) is 4.20. The number of nitrogens with zero attached hydrogens (tertiary/aromatic N) is 2. The van der Waals surface area contributed by atoms with Crippen molar-refractivity contribution in [2.75, 3.05) is 31.1 Å². The highest BCUT2D eigenvalue weighted by Gasteiger charge is 2.22. The number of aliphatic hydroxyl groups excluding tert-OH is 1. The van der Waals surface area contributed by atoms with Gasteiger partial charge in [0.1, 0.15) is 0 Å². The number of benzene rings is 1. The molecule has 1 aromatic carbocycles. The van der Waals surface area contributed by atoms with Gasteiger partial charge in [-0.2, -0.15) is 0 Å². The van der Waals surface area contributed by atoms with Crippen molar-refractivity contribution in [2.45, 2.75) is 39.3 Å². The lowest BCUT2D eigenvalue weighted by Gasteiger charge is -2.40. The Labute approximate surface area is 116 Å². The molecule has 1 fully saturated rings. The van der Waals surface area contributed by atoms with Crippen LogP contribution in [-0.4, -0.2) is 42.2 Å². The molecule has 0 saturated carbocycles. The Balaban J connectivity index is 2.03. The van der Waals surface area contributed by atoms with E-state index in [1.165, 1.54) is 5.69 Å². The molecule has 0 aliphatic carbocycles. The van der Waals surface area contributed by atoms with Crippen LogP contribution in [0.5, 0.6) is 0 Å². The molecule has 0 bridgehead atoms. The third-order valence-electron chi connectivity index (χ3n) is 4.20. The van der Waals surface area contributed by atoms with Crippen molar-refractivity contribution in [1.29, 1.82) is 0 Å². The second-order valence-electron chi connectivity index (χ2n) is 5.44. The smallest absolute Gasteiger partial charge is 0.0787 e. The highest BCUT2D eigenvalue weighted by atomic mass is 16.3. The molecule has 0 aromatic heterocycles. The molecule has 2 atom stereocenters. The number of likely N-dealkylation sites (N-methyl/N-ethyl adjacent to an activating group) is 1. The quantitative estimate of drug-likeness (QED) is 0.903. The first-order valence-corrected chi connectivity index (χ1v) is 7.42. The Morgan fingerprint density at radius 3 is 2.42 bits per heavy atom. The van der Waals surface area contributed by atoms with Crippen molar-refractivity contribution < 1.29 is 5.11 Å². The zero-order valence-corrected chi connectivity index (χ0v) is 12.3. The molecule has 1 heterocycles. The molecule has 3 heteroatoms. The van der Waals surface area contributed by atoms with E-state index < -0.39 is 0 Å². The maximum absolute atomic E-state index is 9.82. The Hall–Kier alpha value is -1.06. The summed E-state index contributed by atoms with van der Waals surface area (Å²) in [5, 5.41) is 9.82. The van der Waals surface area contributed by atoms with E-state index >= 15 is 0 Å². The molecule has 1 aliphatic rings. The van der Waals surface area contributed by atoms with E-state index in [2.05, 4.69) is 47.9 Å². The second-order valence-corrected chi connectivity index (χ2v) is 5.44. The van der Waals surface area contributed by atoms with E-state index in [1.807, 2.05) is 6.92 Å². The number of aliphatic hydroxyl groups is 1. The molecule has 2 rings (SSSR count). The maximum Gasteiger partial charge on any atom is 0.0787 e. The fourth-order valence-electron chi connectivity index (χ4n) is 2.84. The summed E-state index contributed by atoms with van der Waals surface area (Å²) in [6, 6.07) is 9.01. The predicted octanol–water partition coefficient (Wildman–Crippen LogP) is 2.66. The number of piperazine rings is 1. The van der Waals surface area contributed by atoms with Gasteiger partial charge < -0.3 is 10.0 Å². The van der Waals surface area contributed by atoms with Gasteiger partial charge in [0.25, 0.3) is 0 Å². The number of rotatable bonds is 4. The van der Waals surface area contributed by atoms with Gasteiger partial charge in [0.05, 0.1) is 6.10 Å². The average Bonchev–Trinajstić information content (AvgIpc) is 2.46. The van der Waals surface area contributed by atoms with Crippen LogP contribution in [0.2, 0.25) is 0 Å². The lowest BCUT2D eigenvalue weighted by Crippen LogP contribution is -2.51. The molecule has 1 aliphatic heterocycles. The van der Waals surface area contributed by atoms with Crippen molar-refractivity contribution in [2.24, 2.45) is 0 Å². The van der Waals surface area contributed by atoms with Gasteiger partial charge in [-0.15, -0.1) is 0 Å². The lowest BCUT2D eigenvalue weighted by molar-refractivity contribution is 0.173. The summed E-state index contributed by atoms with van der Waals surface area (Å²) in [6.07, 6.45) is 0.441. The van der Waals surface area contributed by atoms with Crippen LogP contribution in [0, 0.1) is 0 Å². The van der Waals surface area contributed by atoms with Crippen LogP contribution in [0.4, 0.5) is 5.69 Å². The molecule has 0 spiro atoms. The average molecular weight is 262 g/mol. The second kappa shape index (κ2) is 6.40. The molecule has 1 N–H and O–H groups in total. The minimum Gasteiger partial charge on any atom is -0.388 e. The highest BCUT2D eigenvalue weighted by Crippen LogP contribution is 2.23. The van der Waals surface area contributed by atoms with Crippen molar-refractivity contribution >= 4 is 5.69 Å². The number of hydrogen-bond donors (Lipinski definition) is 1. The van der Waals surface area contributed by atoms with Gasteiger partial charge in [-0.25, -0.2) is 0 Å². The van der Waals surface area contributed by atoms with E-state index in [0.29, 0.717) is 6.04 Å². The highest BCUT2D eigenvalue weighted by molar-refractivity contribution is 5.48. The Bertz CT molecular complexity index is 390. The molecule has 3 nitrogen and oxygen atoms in total. The molecule has 1 saturated heterocycles. The van der Waals surface area contributed by atoms with Gasteiger partial charge in [-0.05, 0) is 37.6 Å². The Morgan fingerprint density at radius 1 is 1.21 bits per heavy atom. The zero-order chi connectivity index (χ0) is 13.8. The monoisotopic (exact) mass is 262 g/mol. The molecule has 0 radical (unpaired) electrons. The molecule has 1 unspecified atom stereocenters. The SMILES string of the molecule is CC[C@H](O)c1ccc(N2CCN(CC)C(C)C2)cc1. The van der Waals surface area contributed by atoms with Gasteiger partial charge in [0, 0.05) is 31.4 Å². The van der Waals surface area contributed by atoms with Gasteiger partial charge in [-0.1, -0.05) is 26.0 Å². The van der Waals surface area contributed by atoms with Gasteiger partial charge in [0.15, 0.2) is 0 Å². The normalized spacial score (nSPS) is 22.5.